The van der Waals surface area contributed by atoms with E-state index >= 15 is 0 Å². The minimum absolute atomic E-state index is 0.185. The zero-order valence-corrected chi connectivity index (χ0v) is 17.1. The second-order valence-corrected chi connectivity index (χ2v) is 7.09. The predicted octanol–water partition coefficient (Wildman–Crippen LogP) is 5.89. The van der Waals surface area contributed by atoms with Crippen LogP contribution in [0.15, 0.2) is 60.7 Å². The Morgan fingerprint density at radius 2 is 1.90 bits per heavy atom. The van der Waals surface area contributed by atoms with Gasteiger partial charge < -0.3 is 19.9 Å². The Morgan fingerprint density at radius 3 is 2.62 bits per heavy atom. The van der Waals surface area contributed by atoms with E-state index in [9.17, 15) is 9.90 Å². The summed E-state index contributed by atoms with van der Waals surface area (Å²) in [4.78, 5) is 11.2. The van der Waals surface area contributed by atoms with E-state index in [1.54, 1.807) is 24.3 Å². The lowest BCUT2D eigenvalue weighted by Gasteiger charge is -2.13. The second-order valence-electron chi connectivity index (χ2n) is 6.25. The smallest absolute Gasteiger partial charge is 0.335 e. The Labute approximate surface area is 178 Å². The van der Waals surface area contributed by atoms with Crippen LogP contribution in [-0.4, -0.2) is 18.2 Å². The molecule has 0 aliphatic rings. The molecule has 0 heterocycles. The second kappa shape index (κ2) is 9.54. The zero-order chi connectivity index (χ0) is 20.8. The van der Waals surface area contributed by atoms with Crippen molar-refractivity contribution in [1.29, 1.82) is 0 Å². The molecule has 2 N–H and O–H groups in total. The molecule has 0 aliphatic carbocycles. The van der Waals surface area contributed by atoms with Crippen LogP contribution in [0.3, 0.4) is 0 Å². The SMILES string of the molecule is COc1ccc(C(=O)O)cc1NCc1cccc(OCc2ccc(Cl)cc2Cl)c1. The highest BCUT2D eigenvalue weighted by Gasteiger charge is 2.09. The van der Waals surface area contributed by atoms with Crippen molar-refractivity contribution in [2.45, 2.75) is 13.2 Å². The number of carboxylic acid groups (broad SMARTS) is 1. The van der Waals surface area contributed by atoms with Gasteiger partial charge in [0.15, 0.2) is 0 Å². The third kappa shape index (κ3) is 5.56. The van der Waals surface area contributed by atoms with Crippen molar-refractivity contribution < 1.29 is 19.4 Å². The first-order valence-electron chi connectivity index (χ1n) is 8.77. The fourth-order valence-corrected chi connectivity index (χ4v) is 3.18. The molecular formula is C22H19Cl2NO4. The lowest BCUT2D eigenvalue weighted by molar-refractivity contribution is 0.0697. The van der Waals surface area contributed by atoms with Crippen LogP contribution in [0, 0.1) is 0 Å². The van der Waals surface area contributed by atoms with Crippen molar-refractivity contribution in [2.75, 3.05) is 12.4 Å². The highest BCUT2D eigenvalue weighted by Crippen LogP contribution is 2.27. The summed E-state index contributed by atoms with van der Waals surface area (Å²) in [5.74, 6) is 0.272. The summed E-state index contributed by atoms with van der Waals surface area (Å²) < 4.78 is 11.1. The van der Waals surface area contributed by atoms with Gasteiger partial charge in [0.2, 0.25) is 0 Å². The number of carbonyl (C=O) groups is 1. The van der Waals surface area contributed by atoms with Crippen molar-refractivity contribution >= 4 is 34.9 Å². The zero-order valence-electron chi connectivity index (χ0n) is 15.6. The van der Waals surface area contributed by atoms with Gasteiger partial charge in [-0.05, 0) is 48.0 Å². The molecule has 0 saturated carbocycles. The monoisotopic (exact) mass is 431 g/mol. The number of ether oxygens (including phenoxy) is 2. The molecule has 0 fully saturated rings. The van der Waals surface area contributed by atoms with Gasteiger partial charge in [-0.1, -0.05) is 41.4 Å². The van der Waals surface area contributed by atoms with Gasteiger partial charge in [0.25, 0.3) is 0 Å². The number of carboxylic acids is 1. The minimum atomic E-state index is -0.994. The molecule has 0 radical (unpaired) electrons. The number of nitrogens with one attached hydrogen (secondary N) is 1. The number of benzene rings is 3. The van der Waals surface area contributed by atoms with Gasteiger partial charge in [-0.25, -0.2) is 4.79 Å². The molecule has 0 unspecified atom stereocenters. The summed E-state index contributed by atoms with van der Waals surface area (Å²) in [5, 5.41) is 13.5. The fraction of sp³-hybridized carbons (Fsp3) is 0.136. The minimum Gasteiger partial charge on any atom is -0.495 e. The molecule has 3 rings (SSSR count). The number of rotatable bonds is 8. The van der Waals surface area contributed by atoms with E-state index in [0.717, 1.165) is 11.1 Å². The third-order valence-corrected chi connectivity index (χ3v) is 4.82. The van der Waals surface area contributed by atoms with Crippen LogP contribution < -0.4 is 14.8 Å². The van der Waals surface area contributed by atoms with E-state index in [0.29, 0.717) is 40.4 Å². The molecule has 29 heavy (non-hydrogen) atoms. The molecule has 0 aliphatic heterocycles. The van der Waals surface area contributed by atoms with Gasteiger partial charge in [-0.3, -0.25) is 0 Å². The highest BCUT2D eigenvalue weighted by molar-refractivity contribution is 6.35. The summed E-state index contributed by atoms with van der Waals surface area (Å²) in [7, 11) is 1.54. The summed E-state index contributed by atoms with van der Waals surface area (Å²) >= 11 is 12.1. The van der Waals surface area contributed by atoms with Gasteiger partial charge in [-0.2, -0.15) is 0 Å². The van der Waals surface area contributed by atoms with Crippen molar-refractivity contribution in [3.63, 3.8) is 0 Å². The topological polar surface area (TPSA) is 67.8 Å². The molecule has 7 heteroatoms. The molecular weight excluding hydrogens is 413 g/mol. The largest absolute Gasteiger partial charge is 0.495 e. The van der Waals surface area contributed by atoms with Gasteiger partial charge in [0.1, 0.15) is 18.1 Å². The van der Waals surface area contributed by atoms with E-state index in [-0.39, 0.29) is 5.56 Å². The Balaban J connectivity index is 1.67. The standard InChI is InChI=1S/C22H19Cl2NO4/c1-28-21-8-6-15(22(26)27)10-20(21)25-12-14-3-2-4-18(9-14)29-13-16-5-7-17(23)11-19(16)24/h2-11,25H,12-13H2,1H3,(H,26,27). The molecule has 3 aromatic carbocycles. The summed E-state index contributed by atoms with van der Waals surface area (Å²) in [6.07, 6.45) is 0. The first kappa shape index (κ1) is 20.8. The van der Waals surface area contributed by atoms with Crippen LogP contribution in [0.5, 0.6) is 11.5 Å². The van der Waals surface area contributed by atoms with Crippen LogP contribution in [0.4, 0.5) is 5.69 Å². The average molecular weight is 432 g/mol. The molecule has 0 saturated heterocycles. The van der Waals surface area contributed by atoms with E-state index in [1.165, 1.54) is 13.2 Å². The number of hydrogen-bond acceptors (Lipinski definition) is 4. The maximum absolute atomic E-state index is 11.2. The normalized spacial score (nSPS) is 10.4. The van der Waals surface area contributed by atoms with Crippen LogP contribution in [0.1, 0.15) is 21.5 Å². The lowest BCUT2D eigenvalue weighted by Crippen LogP contribution is -2.04. The first-order valence-corrected chi connectivity index (χ1v) is 9.52. The van der Waals surface area contributed by atoms with Crippen molar-refractivity contribution in [2.24, 2.45) is 0 Å². The van der Waals surface area contributed by atoms with E-state index in [2.05, 4.69) is 5.32 Å². The number of anilines is 1. The number of halogens is 2. The highest BCUT2D eigenvalue weighted by atomic mass is 35.5. The molecule has 5 nitrogen and oxygen atoms in total. The Morgan fingerprint density at radius 1 is 1.07 bits per heavy atom. The van der Waals surface area contributed by atoms with Gasteiger partial charge in [0.05, 0.1) is 18.4 Å². The van der Waals surface area contributed by atoms with Crippen LogP contribution in [0.25, 0.3) is 0 Å². The van der Waals surface area contributed by atoms with Crippen LogP contribution in [0.2, 0.25) is 10.0 Å². The first-order chi connectivity index (χ1) is 14.0. The predicted molar refractivity (Wildman–Crippen MR) is 115 cm³/mol. The van der Waals surface area contributed by atoms with Gasteiger partial charge in [-0.15, -0.1) is 0 Å². The Kier molecular flexibility index (Phi) is 6.86. The van der Waals surface area contributed by atoms with E-state index in [1.807, 2.05) is 30.3 Å². The van der Waals surface area contributed by atoms with Crippen molar-refractivity contribution in [3.8, 4) is 11.5 Å². The quantitative estimate of drug-likeness (QED) is 0.465. The molecule has 3 aromatic rings. The summed E-state index contributed by atoms with van der Waals surface area (Å²) in [5.41, 5.74) is 2.60. The maximum atomic E-state index is 11.2. The third-order valence-electron chi connectivity index (χ3n) is 4.24. The van der Waals surface area contributed by atoms with Crippen molar-refractivity contribution in [1.82, 2.24) is 0 Å². The molecule has 0 aromatic heterocycles. The maximum Gasteiger partial charge on any atom is 0.335 e. The fourth-order valence-electron chi connectivity index (χ4n) is 2.72. The van der Waals surface area contributed by atoms with Crippen LogP contribution in [-0.2, 0) is 13.2 Å². The van der Waals surface area contributed by atoms with E-state index < -0.39 is 5.97 Å². The number of hydrogen-bond donors (Lipinski definition) is 2. The van der Waals surface area contributed by atoms with Gasteiger partial charge >= 0.3 is 5.97 Å². The number of methoxy groups -OCH3 is 1. The average Bonchev–Trinajstić information content (AvgIpc) is 2.71. The summed E-state index contributed by atoms with van der Waals surface area (Å²) in [6.45, 7) is 0.791. The Hall–Kier alpha value is -2.89. The molecule has 0 atom stereocenters. The van der Waals surface area contributed by atoms with Crippen molar-refractivity contribution in [3.05, 3.63) is 87.4 Å². The number of aromatic carboxylic acids is 1. The molecule has 0 bridgehead atoms. The van der Waals surface area contributed by atoms with Gasteiger partial charge in [0, 0.05) is 22.2 Å². The molecule has 150 valence electrons. The van der Waals surface area contributed by atoms with E-state index in [4.69, 9.17) is 32.7 Å². The lowest BCUT2D eigenvalue weighted by atomic mass is 10.1. The van der Waals surface area contributed by atoms with Crippen LogP contribution >= 0.6 is 23.2 Å². The summed E-state index contributed by atoms with van der Waals surface area (Å²) in [6, 6.07) is 17.6. The molecule has 0 amide bonds. The molecule has 0 spiro atoms. The Bertz CT molecular complexity index is 1020.